The van der Waals surface area contributed by atoms with Gasteiger partial charge in [0.1, 0.15) is 11.6 Å². The lowest BCUT2D eigenvalue weighted by Crippen LogP contribution is -2.23. The van der Waals surface area contributed by atoms with Crippen molar-refractivity contribution in [3.05, 3.63) is 44.3 Å². The second kappa shape index (κ2) is 8.42. The van der Waals surface area contributed by atoms with E-state index in [0.717, 1.165) is 38.2 Å². The Morgan fingerprint density at radius 3 is 2.68 bits per heavy atom. The highest BCUT2D eigenvalue weighted by Gasteiger charge is 2.21. The summed E-state index contributed by atoms with van der Waals surface area (Å²) in [6, 6.07) is 4.57. The predicted molar refractivity (Wildman–Crippen MR) is 124 cm³/mol. The molecule has 1 aliphatic heterocycles. The number of Topliss-reactive ketones (excluding diaryl/α,β-unsaturated/α-hetero) is 1. The number of ketones is 1. The summed E-state index contributed by atoms with van der Waals surface area (Å²) in [5.41, 5.74) is 10.9. The molecule has 0 spiro atoms. The Balaban J connectivity index is 1.46. The molecule has 7 nitrogen and oxygen atoms in total. The number of anilines is 1. The number of nitrogens with zero attached hydrogens (tertiary/aromatic N) is 5. The van der Waals surface area contributed by atoms with Gasteiger partial charge in [-0.15, -0.1) is 0 Å². The third kappa shape index (κ3) is 4.17. The molecule has 2 aliphatic rings. The number of hydrogen-bond acceptors (Lipinski definition) is 6. The van der Waals surface area contributed by atoms with Crippen molar-refractivity contribution >= 4 is 45.4 Å². The van der Waals surface area contributed by atoms with E-state index >= 15 is 0 Å². The van der Waals surface area contributed by atoms with E-state index in [4.69, 9.17) is 10.7 Å². The predicted octanol–water partition coefficient (Wildman–Crippen LogP) is 2.90. The van der Waals surface area contributed by atoms with Gasteiger partial charge in [0.25, 0.3) is 0 Å². The zero-order valence-corrected chi connectivity index (χ0v) is 19.4. The van der Waals surface area contributed by atoms with Gasteiger partial charge in [-0.05, 0) is 71.0 Å². The van der Waals surface area contributed by atoms with Crippen LogP contribution in [0.25, 0.3) is 11.2 Å². The van der Waals surface area contributed by atoms with Crippen molar-refractivity contribution < 1.29 is 9.18 Å². The van der Waals surface area contributed by atoms with Gasteiger partial charge >= 0.3 is 6.08 Å². The number of nitrogens with two attached hydrogens (primary N) is 1. The number of halogens is 2. The highest BCUT2D eigenvalue weighted by molar-refractivity contribution is 14.1. The summed E-state index contributed by atoms with van der Waals surface area (Å²) in [6.07, 6.45) is 4.71. The molecule has 162 valence electrons. The molecule has 9 heteroatoms. The first-order valence-corrected chi connectivity index (χ1v) is 11.8. The lowest BCUT2D eigenvalue weighted by Gasteiger charge is -2.15. The molecule has 2 N–H and O–H groups in total. The molecular weight excluding hydrogens is 510 g/mol. The van der Waals surface area contributed by atoms with Crippen LogP contribution in [0.15, 0.2) is 12.1 Å². The highest BCUT2D eigenvalue weighted by Crippen LogP contribution is 2.29. The molecular formula is C22H24FIN6O. The van der Waals surface area contributed by atoms with Crippen LogP contribution in [0.1, 0.15) is 41.8 Å². The van der Waals surface area contributed by atoms with Crippen molar-refractivity contribution in [2.24, 2.45) is 0 Å². The average Bonchev–Trinajstić information content (AvgIpc) is 3.42. The molecule has 1 aromatic carbocycles. The first-order valence-electron chi connectivity index (χ1n) is 10.7. The molecule has 5 rings (SSSR count). The summed E-state index contributed by atoms with van der Waals surface area (Å²) in [6.45, 7) is 2.78. The van der Waals surface area contributed by atoms with E-state index in [1.54, 1.807) is 0 Å². The minimum Gasteiger partial charge on any atom is -0.382 e. The molecule has 0 unspecified atom stereocenters. The summed E-state index contributed by atoms with van der Waals surface area (Å²) in [4.78, 5) is 26.1. The van der Waals surface area contributed by atoms with Gasteiger partial charge < -0.3 is 10.3 Å². The second-order valence-corrected chi connectivity index (χ2v) is 9.55. The van der Waals surface area contributed by atoms with Crippen LogP contribution in [0, 0.1) is 9.65 Å². The SMILES string of the molecule is Nc1nc(F)nc2c1nc(Cc1cc3c(cc1I)CCC3)n2CCCN1CCC(=O)C1. The Morgan fingerprint density at radius 2 is 1.90 bits per heavy atom. The van der Waals surface area contributed by atoms with Crippen molar-refractivity contribution in [2.45, 2.75) is 45.1 Å². The fourth-order valence-electron chi connectivity index (χ4n) is 4.69. The topological polar surface area (TPSA) is 89.9 Å². The molecule has 2 aromatic heterocycles. The number of aromatic nitrogens is 4. The van der Waals surface area contributed by atoms with Crippen LogP contribution in [0.4, 0.5) is 10.2 Å². The third-order valence-electron chi connectivity index (χ3n) is 6.25. The number of nitrogen functional groups attached to an aromatic ring is 1. The van der Waals surface area contributed by atoms with Crippen LogP contribution in [0.3, 0.4) is 0 Å². The molecule has 0 amide bonds. The first kappa shape index (κ1) is 20.7. The van der Waals surface area contributed by atoms with Crippen molar-refractivity contribution in [3.8, 4) is 0 Å². The summed E-state index contributed by atoms with van der Waals surface area (Å²) in [5.74, 6) is 1.17. The van der Waals surface area contributed by atoms with Gasteiger partial charge in [0, 0.05) is 36.0 Å². The molecule has 1 fully saturated rings. The van der Waals surface area contributed by atoms with Gasteiger partial charge in [-0.1, -0.05) is 6.07 Å². The van der Waals surface area contributed by atoms with Gasteiger partial charge in [-0.3, -0.25) is 9.69 Å². The highest BCUT2D eigenvalue weighted by atomic mass is 127. The van der Waals surface area contributed by atoms with E-state index in [9.17, 15) is 9.18 Å². The van der Waals surface area contributed by atoms with Gasteiger partial charge in [0.2, 0.25) is 0 Å². The lowest BCUT2D eigenvalue weighted by molar-refractivity contribution is -0.116. The fraction of sp³-hybridized carbons (Fsp3) is 0.455. The van der Waals surface area contributed by atoms with E-state index in [-0.39, 0.29) is 5.82 Å². The number of likely N-dealkylation sites (tertiary alicyclic amines) is 1. The van der Waals surface area contributed by atoms with E-state index in [2.05, 4.69) is 49.6 Å². The lowest BCUT2D eigenvalue weighted by atomic mass is 10.0. The van der Waals surface area contributed by atoms with Crippen LogP contribution in [-0.4, -0.2) is 49.8 Å². The molecule has 31 heavy (non-hydrogen) atoms. The molecule has 1 saturated heterocycles. The second-order valence-electron chi connectivity index (χ2n) is 8.39. The van der Waals surface area contributed by atoms with Crippen LogP contribution < -0.4 is 5.73 Å². The summed E-state index contributed by atoms with van der Waals surface area (Å²) < 4.78 is 17.1. The van der Waals surface area contributed by atoms with Gasteiger partial charge in [-0.2, -0.15) is 14.4 Å². The normalized spacial score (nSPS) is 16.5. The van der Waals surface area contributed by atoms with E-state index in [1.807, 2.05) is 4.57 Å². The summed E-state index contributed by atoms with van der Waals surface area (Å²) in [5, 5.41) is 0. The van der Waals surface area contributed by atoms with Crippen LogP contribution >= 0.6 is 22.6 Å². The Labute approximate surface area is 193 Å². The molecule has 0 atom stereocenters. The molecule has 3 aromatic rings. The minimum atomic E-state index is -0.838. The Bertz CT molecular complexity index is 1180. The maximum absolute atomic E-state index is 13.9. The fourth-order valence-corrected chi connectivity index (χ4v) is 5.42. The largest absolute Gasteiger partial charge is 0.382 e. The van der Waals surface area contributed by atoms with Crippen molar-refractivity contribution in [1.82, 2.24) is 24.4 Å². The Kier molecular flexibility index (Phi) is 5.63. The Morgan fingerprint density at radius 1 is 1.10 bits per heavy atom. The summed E-state index contributed by atoms with van der Waals surface area (Å²) >= 11 is 2.39. The summed E-state index contributed by atoms with van der Waals surface area (Å²) in [7, 11) is 0. The average molecular weight is 534 g/mol. The smallest absolute Gasteiger partial charge is 0.312 e. The number of hydrogen-bond donors (Lipinski definition) is 1. The van der Waals surface area contributed by atoms with Crippen LogP contribution in [-0.2, 0) is 30.6 Å². The number of imidazole rings is 1. The molecule has 0 bridgehead atoms. The first-order chi connectivity index (χ1) is 15.0. The molecule has 0 saturated carbocycles. The molecule has 1 aliphatic carbocycles. The number of benzene rings is 1. The zero-order valence-electron chi connectivity index (χ0n) is 17.2. The quantitative estimate of drug-likeness (QED) is 0.387. The van der Waals surface area contributed by atoms with Crippen LogP contribution in [0.2, 0.25) is 0 Å². The van der Waals surface area contributed by atoms with E-state index < -0.39 is 6.08 Å². The van der Waals surface area contributed by atoms with Gasteiger partial charge in [0.15, 0.2) is 17.0 Å². The van der Waals surface area contributed by atoms with Crippen molar-refractivity contribution in [2.75, 3.05) is 25.4 Å². The third-order valence-corrected chi connectivity index (χ3v) is 7.25. The minimum absolute atomic E-state index is 0.0660. The standard InChI is InChI=1S/C22H24FIN6O/c23-22-27-20(25)19-21(28-22)30(7-2-6-29-8-5-16(31)12-29)18(26-19)11-15-9-13-3-1-4-14(13)10-17(15)24/h9-10H,1-8,11-12H2,(H2,25,27,28). The van der Waals surface area contributed by atoms with Crippen LogP contribution in [0.5, 0.6) is 0 Å². The van der Waals surface area contributed by atoms with Gasteiger partial charge in [0.05, 0.1) is 6.54 Å². The molecule has 0 radical (unpaired) electrons. The van der Waals surface area contributed by atoms with Crippen molar-refractivity contribution in [1.29, 1.82) is 0 Å². The Hall–Kier alpha value is -2.14. The number of aryl methyl sites for hydroxylation is 3. The number of fused-ring (bicyclic) bond motifs is 2. The van der Waals surface area contributed by atoms with E-state index in [0.29, 0.717) is 42.9 Å². The maximum Gasteiger partial charge on any atom is 0.312 e. The molecule has 3 heterocycles. The van der Waals surface area contributed by atoms with Gasteiger partial charge in [-0.25, -0.2) is 4.98 Å². The monoisotopic (exact) mass is 534 g/mol. The maximum atomic E-state index is 13.9. The number of carbonyl (C=O) groups is 1. The zero-order chi connectivity index (χ0) is 21.5. The van der Waals surface area contributed by atoms with Crippen molar-refractivity contribution in [3.63, 3.8) is 0 Å². The van der Waals surface area contributed by atoms with E-state index in [1.165, 1.54) is 26.7 Å². The number of rotatable bonds is 6. The number of carbonyl (C=O) groups excluding carboxylic acids is 1.